The summed E-state index contributed by atoms with van der Waals surface area (Å²) in [7, 11) is 3.91. The summed E-state index contributed by atoms with van der Waals surface area (Å²) < 4.78 is 11.3. The van der Waals surface area contributed by atoms with Crippen LogP contribution in [0.4, 0.5) is 0 Å². The van der Waals surface area contributed by atoms with Crippen molar-refractivity contribution in [2.24, 2.45) is 5.92 Å². The maximum Gasteiger partial charge on any atom is 0.332 e. The largest absolute Gasteiger partial charge is 0.463 e. The third-order valence-electron chi connectivity index (χ3n) is 4.73. The first-order chi connectivity index (χ1) is 8.65. The number of hydrogen-bond acceptors (Lipinski definition) is 3. The van der Waals surface area contributed by atoms with E-state index in [9.17, 15) is 4.79 Å². The maximum atomic E-state index is 11.4. The molecule has 18 heavy (non-hydrogen) atoms. The molecular formula is C14H26NO3+. The number of rotatable bonds is 4. The zero-order chi connectivity index (χ0) is 13.0. The van der Waals surface area contributed by atoms with Crippen LogP contribution in [0.2, 0.25) is 0 Å². The number of piperidine rings is 2. The minimum atomic E-state index is -0.229. The van der Waals surface area contributed by atoms with Gasteiger partial charge in [-0.2, -0.15) is 0 Å². The van der Waals surface area contributed by atoms with Crippen LogP contribution in [-0.4, -0.2) is 57.0 Å². The van der Waals surface area contributed by atoms with E-state index in [0.717, 1.165) is 0 Å². The number of methoxy groups -OCH3 is 1. The van der Waals surface area contributed by atoms with Crippen molar-refractivity contribution in [2.75, 3.05) is 40.5 Å². The van der Waals surface area contributed by atoms with E-state index < -0.39 is 0 Å². The molecule has 3 atom stereocenters. The third kappa shape index (κ3) is 3.04. The van der Waals surface area contributed by atoms with Gasteiger partial charge in [-0.05, 0) is 25.7 Å². The molecule has 4 nitrogen and oxygen atoms in total. The van der Waals surface area contributed by atoms with Crippen LogP contribution in [0.15, 0.2) is 0 Å². The lowest BCUT2D eigenvalue weighted by Crippen LogP contribution is -2.61. The van der Waals surface area contributed by atoms with E-state index in [1.54, 1.807) is 0 Å². The molecule has 104 valence electrons. The summed E-state index contributed by atoms with van der Waals surface area (Å²) in [5.74, 6) is 0.318. The lowest BCUT2D eigenvalue weighted by molar-refractivity contribution is -0.947. The van der Waals surface area contributed by atoms with Crippen LogP contribution in [0.1, 0.15) is 32.1 Å². The molecule has 2 fully saturated rings. The normalized spacial score (nSPS) is 35.9. The lowest BCUT2D eigenvalue weighted by Gasteiger charge is -2.51. The van der Waals surface area contributed by atoms with E-state index in [1.165, 1.54) is 56.8 Å². The Morgan fingerprint density at radius 2 is 2.00 bits per heavy atom. The number of esters is 1. The van der Waals surface area contributed by atoms with Gasteiger partial charge in [-0.25, -0.2) is 4.79 Å². The zero-order valence-electron chi connectivity index (χ0n) is 11.7. The summed E-state index contributed by atoms with van der Waals surface area (Å²) >= 11 is 0. The number of fused-ring (bicyclic) bond motifs is 1. The van der Waals surface area contributed by atoms with Crippen molar-refractivity contribution in [2.45, 2.75) is 38.1 Å². The SMILES string of the molecule is COCC(=O)OCC1CCC[N+]2(C)CCCCC12. The predicted octanol–water partition coefficient (Wildman–Crippen LogP) is 1.59. The average molecular weight is 256 g/mol. The minimum absolute atomic E-state index is 0.0729. The van der Waals surface area contributed by atoms with Crippen LogP contribution < -0.4 is 0 Å². The fourth-order valence-electron chi connectivity index (χ4n) is 3.79. The Bertz CT molecular complexity index is 291. The van der Waals surface area contributed by atoms with Crippen LogP contribution >= 0.6 is 0 Å². The van der Waals surface area contributed by atoms with Gasteiger partial charge in [0.2, 0.25) is 0 Å². The highest BCUT2D eigenvalue weighted by molar-refractivity contribution is 5.70. The van der Waals surface area contributed by atoms with Crippen molar-refractivity contribution < 1.29 is 18.8 Å². The first-order valence-corrected chi connectivity index (χ1v) is 7.14. The van der Waals surface area contributed by atoms with Crippen LogP contribution in [0.5, 0.6) is 0 Å². The molecule has 2 heterocycles. The standard InChI is InChI=1S/C14H26NO3/c1-15-8-4-3-7-13(15)12(6-5-9-15)10-18-14(16)11-17-2/h12-13H,3-11H2,1-2H3/q+1. The first kappa shape index (κ1) is 13.8. The van der Waals surface area contributed by atoms with Crippen molar-refractivity contribution >= 4 is 5.97 Å². The van der Waals surface area contributed by atoms with Crippen molar-refractivity contribution in [3.05, 3.63) is 0 Å². The molecule has 4 heteroatoms. The molecule has 2 rings (SSSR count). The monoisotopic (exact) mass is 256 g/mol. The molecule has 0 saturated carbocycles. The van der Waals surface area contributed by atoms with E-state index in [0.29, 0.717) is 18.6 Å². The second-order valence-corrected chi connectivity index (χ2v) is 6.01. The minimum Gasteiger partial charge on any atom is -0.463 e. The van der Waals surface area contributed by atoms with Gasteiger partial charge in [0.15, 0.2) is 0 Å². The fourth-order valence-corrected chi connectivity index (χ4v) is 3.79. The third-order valence-corrected chi connectivity index (χ3v) is 4.73. The highest BCUT2D eigenvalue weighted by Gasteiger charge is 2.43. The van der Waals surface area contributed by atoms with Crippen LogP contribution in [0.25, 0.3) is 0 Å². The van der Waals surface area contributed by atoms with Crippen LogP contribution in [-0.2, 0) is 14.3 Å². The summed E-state index contributed by atoms with van der Waals surface area (Å²) in [5, 5.41) is 0. The highest BCUT2D eigenvalue weighted by Crippen LogP contribution is 2.36. The van der Waals surface area contributed by atoms with Gasteiger partial charge in [0, 0.05) is 19.4 Å². The second kappa shape index (κ2) is 6.02. The molecule has 2 aliphatic rings. The topological polar surface area (TPSA) is 35.5 Å². The van der Waals surface area contributed by atoms with Crippen molar-refractivity contribution in [3.8, 4) is 0 Å². The predicted molar refractivity (Wildman–Crippen MR) is 69.1 cm³/mol. The Kier molecular flexibility index (Phi) is 4.62. The quantitative estimate of drug-likeness (QED) is 0.566. The van der Waals surface area contributed by atoms with Crippen molar-refractivity contribution in [3.63, 3.8) is 0 Å². The highest BCUT2D eigenvalue weighted by atomic mass is 16.6. The zero-order valence-corrected chi connectivity index (χ0v) is 11.7. The number of quaternary nitrogens is 1. The van der Waals surface area contributed by atoms with Gasteiger partial charge in [0.25, 0.3) is 0 Å². The molecule has 0 aliphatic carbocycles. The van der Waals surface area contributed by atoms with Crippen LogP contribution in [0, 0.1) is 5.92 Å². The summed E-state index contributed by atoms with van der Waals surface area (Å²) in [6.07, 6.45) is 6.45. The summed E-state index contributed by atoms with van der Waals surface area (Å²) in [6, 6.07) is 0.697. The molecule has 0 aromatic carbocycles. The van der Waals surface area contributed by atoms with E-state index in [1.807, 2.05) is 0 Å². The Labute approximate surface area is 110 Å². The fraction of sp³-hybridized carbons (Fsp3) is 0.929. The summed E-state index contributed by atoms with van der Waals surface area (Å²) in [4.78, 5) is 11.4. The van der Waals surface area contributed by atoms with Gasteiger partial charge in [-0.15, -0.1) is 0 Å². The van der Waals surface area contributed by atoms with Gasteiger partial charge in [-0.1, -0.05) is 0 Å². The number of carbonyl (C=O) groups excluding carboxylic acids is 1. The van der Waals surface area contributed by atoms with Gasteiger partial charge in [0.1, 0.15) is 6.61 Å². The lowest BCUT2D eigenvalue weighted by atomic mass is 9.82. The van der Waals surface area contributed by atoms with E-state index in [2.05, 4.69) is 7.05 Å². The van der Waals surface area contributed by atoms with Gasteiger partial charge in [-0.3, -0.25) is 0 Å². The molecule has 0 radical (unpaired) electrons. The van der Waals surface area contributed by atoms with Crippen LogP contribution in [0.3, 0.4) is 0 Å². The molecule has 3 unspecified atom stereocenters. The van der Waals surface area contributed by atoms with E-state index in [-0.39, 0.29) is 12.6 Å². The molecule has 0 aromatic rings. The number of nitrogens with zero attached hydrogens (tertiary/aromatic N) is 1. The molecule has 0 bridgehead atoms. The van der Waals surface area contributed by atoms with E-state index >= 15 is 0 Å². The molecule has 0 amide bonds. The Balaban J connectivity index is 1.89. The number of carbonyl (C=O) groups is 1. The van der Waals surface area contributed by atoms with E-state index in [4.69, 9.17) is 9.47 Å². The molecule has 2 aliphatic heterocycles. The first-order valence-electron chi connectivity index (χ1n) is 7.14. The second-order valence-electron chi connectivity index (χ2n) is 6.01. The average Bonchev–Trinajstić information content (AvgIpc) is 2.35. The Morgan fingerprint density at radius 3 is 2.78 bits per heavy atom. The molecular weight excluding hydrogens is 230 g/mol. The molecule has 0 N–H and O–H groups in total. The summed E-state index contributed by atoms with van der Waals surface area (Å²) in [6.45, 7) is 3.25. The number of ether oxygens (including phenoxy) is 2. The molecule has 0 aromatic heterocycles. The molecule has 2 saturated heterocycles. The Hall–Kier alpha value is -0.610. The maximum absolute atomic E-state index is 11.4. The van der Waals surface area contributed by atoms with Gasteiger partial charge >= 0.3 is 5.97 Å². The molecule has 0 spiro atoms. The number of hydrogen-bond donors (Lipinski definition) is 0. The smallest absolute Gasteiger partial charge is 0.332 e. The van der Waals surface area contributed by atoms with Crippen molar-refractivity contribution in [1.29, 1.82) is 0 Å². The van der Waals surface area contributed by atoms with Gasteiger partial charge in [0.05, 0.1) is 32.8 Å². The van der Waals surface area contributed by atoms with Gasteiger partial charge < -0.3 is 14.0 Å². The van der Waals surface area contributed by atoms with Crippen molar-refractivity contribution in [1.82, 2.24) is 0 Å². The Morgan fingerprint density at radius 1 is 1.22 bits per heavy atom. The summed E-state index contributed by atoms with van der Waals surface area (Å²) in [5.41, 5.74) is 0.